The van der Waals surface area contributed by atoms with E-state index in [-0.39, 0.29) is 11.9 Å². The number of benzene rings is 1. The second-order valence-corrected chi connectivity index (χ2v) is 8.14. The zero-order valence-corrected chi connectivity index (χ0v) is 14.8. The largest absolute Gasteiger partial charge is 0.473 e. The molecule has 4 rings (SSSR count). The van der Waals surface area contributed by atoms with Gasteiger partial charge in [-0.2, -0.15) is 4.31 Å². The van der Waals surface area contributed by atoms with Gasteiger partial charge in [-0.05, 0) is 25.0 Å². The third-order valence-electron chi connectivity index (χ3n) is 4.35. The molecule has 1 aliphatic heterocycles. The smallest absolute Gasteiger partial charge is 0.220 e. The molecular weight excluding hydrogens is 356 g/mol. The first-order valence-corrected chi connectivity index (χ1v) is 9.96. The van der Waals surface area contributed by atoms with E-state index in [4.69, 9.17) is 9.26 Å². The summed E-state index contributed by atoms with van der Waals surface area (Å²) in [6.45, 7) is 0.768. The number of para-hydroxylation sites is 1. The second-order valence-electron chi connectivity index (χ2n) is 6.17. The number of ether oxygens (including phenoxy) is 1. The third-order valence-corrected chi connectivity index (χ3v) is 6.10. The first-order valence-electron chi connectivity index (χ1n) is 8.35. The van der Waals surface area contributed by atoms with Crippen LogP contribution in [-0.2, 0) is 15.8 Å². The predicted octanol–water partition coefficient (Wildman–Crippen LogP) is 1.99. The molecule has 0 bridgehead atoms. The number of hydrogen-bond acceptors (Lipinski definition) is 7. The molecule has 1 unspecified atom stereocenters. The van der Waals surface area contributed by atoms with E-state index in [1.54, 1.807) is 18.3 Å². The molecule has 2 aromatic heterocycles. The van der Waals surface area contributed by atoms with Crippen LogP contribution in [0.4, 0.5) is 0 Å². The highest BCUT2D eigenvalue weighted by atomic mass is 32.2. The Morgan fingerprint density at radius 1 is 1.27 bits per heavy atom. The molecule has 0 aliphatic carbocycles. The minimum atomic E-state index is -3.52. The molecule has 0 N–H and O–H groups in total. The van der Waals surface area contributed by atoms with Crippen LogP contribution in [0.5, 0.6) is 5.88 Å². The van der Waals surface area contributed by atoms with Gasteiger partial charge >= 0.3 is 0 Å². The summed E-state index contributed by atoms with van der Waals surface area (Å²) in [5.41, 5.74) is 1.01. The molecule has 1 fully saturated rings. The van der Waals surface area contributed by atoms with Crippen LogP contribution in [0.1, 0.15) is 18.5 Å². The Labute approximate surface area is 150 Å². The molecule has 0 radical (unpaired) electrons. The van der Waals surface area contributed by atoms with E-state index in [2.05, 4.69) is 15.1 Å². The summed E-state index contributed by atoms with van der Waals surface area (Å²) in [5, 5.41) is 4.66. The van der Waals surface area contributed by atoms with Crippen LogP contribution in [0, 0.1) is 0 Å². The molecule has 1 aliphatic rings. The molecule has 26 heavy (non-hydrogen) atoms. The van der Waals surface area contributed by atoms with Crippen LogP contribution < -0.4 is 4.74 Å². The average Bonchev–Trinajstić information content (AvgIpc) is 3.05. The van der Waals surface area contributed by atoms with Gasteiger partial charge in [-0.15, -0.1) is 0 Å². The van der Waals surface area contributed by atoms with Crippen molar-refractivity contribution in [1.82, 2.24) is 19.4 Å². The van der Waals surface area contributed by atoms with Crippen molar-refractivity contribution in [1.29, 1.82) is 0 Å². The highest BCUT2D eigenvalue weighted by Crippen LogP contribution is 2.24. The number of aromatic nitrogens is 3. The van der Waals surface area contributed by atoms with Gasteiger partial charge in [-0.1, -0.05) is 17.3 Å². The number of piperidine rings is 1. The zero-order chi connectivity index (χ0) is 18.0. The van der Waals surface area contributed by atoms with Crippen LogP contribution in [-0.4, -0.2) is 47.0 Å². The van der Waals surface area contributed by atoms with Crippen molar-refractivity contribution in [3.8, 4) is 5.88 Å². The minimum Gasteiger partial charge on any atom is -0.473 e. The minimum absolute atomic E-state index is 0.190. The summed E-state index contributed by atoms with van der Waals surface area (Å²) in [6.07, 6.45) is 4.28. The normalized spacial score (nSPS) is 18.8. The van der Waals surface area contributed by atoms with E-state index in [1.807, 2.05) is 18.2 Å². The monoisotopic (exact) mass is 374 g/mol. The summed E-state index contributed by atoms with van der Waals surface area (Å²) in [5.74, 6) is 0.260. The van der Waals surface area contributed by atoms with E-state index in [0.717, 1.165) is 18.2 Å². The number of sulfonamides is 1. The van der Waals surface area contributed by atoms with E-state index < -0.39 is 10.0 Å². The maximum absolute atomic E-state index is 12.9. The zero-order valence-electron chi connectivity index (χ0n) is 14.0. The quantitative estimate of drug-likeness (QED) is 0.673. The van der Waals surface area contributed by atoms with Crippen LogP contribution in [0.3, 0.4) is 0 Å². The van der Waals surface area contributed by atoms with Crippen molar-refractivity contribution in [3.05, 3.63) is 48.5 Å². The van der Waals surface area contributed by atoms with Crippen LogP contribution in [0.2, 0.25) is 0 Å². The number of nitrogens with zero attached hydrogens (tertiary/aromatic N) is 4. The molecule has 0 saturated carbocycles. The Kier molecular flexibility index (Phi) is 4.56. The molecule has 8 nitrogen and oxygen atoms in total. The summed E-state index contributed by atoms with van der Waals surface area (Å²) < 4.78 is 38.2. The molecule has 9 heteroatoms. The molecule has 1 atom stereocenters. The van der Waals surface area contributed by atoms with Crippen molar-refractivity contribution in [3.63, 3.8) is 0 Å². The van der Waals surface area contributed by atoms with Crippen molar-refractivity contribution in [2.75, 3.05) is 13.1 Å². The van der Waals surface area contributed by atoms with E-state index >= 15 is 0 Å². The Morgan fingerprint density at radius 2 is 2.15 bits per heavy atom. The van der Waals surface area contributed by atoms with Crippen molar-refractivity contribution >= 4 is 21.0 Å². The highest BCUT2D eigenvalue weighted by molar-refractivity contribution is 7.88. The van der Waals surface area contributed by atoms with Gasteiger partial charge in [0.05, 0.1) is 6.54 Å². The van der Waals surface area contributed by atoms with Gasteiger partial charge in [0.2, 0.25) is 15.9 Å². The van der Waals surface area contributed by atoms with Crippen LogP contribution in [0.15, 0.2) is 47.4 Å². The Balaban J connectivity index is 1.48. The predicted molar refractivity (Wildman–Crippen MR) is 93.9 cm³/mol. The van der Waals surface area contributed by atoms with Gasteiger partial charge in [0.15, 0.2) is 5.58 Å². The SMILES string of the molecule is O=S(=O)(Cc1noc2ccccc12)N1CCCC(Oc2ccncn2)C1. The lowest BCUT2D eigenvalue weighted by molar-refractivity contribution is 0.124. The van der Waals surface area contributed by atoms with Crippen molar-refractivity contribution in [2.45, 2.75) is 24.7 Å². The maximum atomic E-state index is 12.9. The van der Waals surface area contributed by atoms with Crippen LogP contribution in [0.25, 0.3) is 11.0 Å². The van der Waals surface area contributed by atoms with E-state index in [0.29, 0.717) is 30.2 Å². The Hall–Kier alpha value is -2.52. The fraction of sp³-hybridized carbons (Fsp3) is 0.353. The molecule has 3 heterocycles. The molecule has 136 valence electrons. The highest BCUT2D eigenvalue weighted by Gasteiger charge is 2.31. The van der Waals surface area contributed by atoms with Gasteiger partial charge in [-0.3, -0.25) is 0 Å². The Morgan fingerprint density at radius 3 is 3.00 bits per heavy atom. The lowest BCUT2D eigenvalue weighted by Crippen LogP contribution is -2.44. The molecular formula is C17H18N4O4S. The van der Waals surface area contributed by atoms with Gasteiger partial charge in [0.25, 0.3) is 0 Å². The van der Waals surface area contributed by atoms with Crippen molar-refractivity contribution in [2.24, 2.45) is 0 Å². The molecule has 0 amide bonds. The first kappa shape index (κ1) is 16.9. The summed E-state index contributed by atoms with van der Waals surface area (Å²) >= 11 is 0. The molecule has 3 aromatic rings. The maximum Gasteiger partial charge on any atom is 0.220 e. The van der Waals surface area contributed by atoms with E-state index in [1.165, 1.54) is 10.6 Å². The number of fused-ring (bicyclic) bond motifs is 1. The van der Waals surface area contributed by atoms with Gasteiger partial charge in [0.1, 0.15) is 23.9 Å². The topological polar surface area (TPSA) is 98.4 Å². The molecule has 0 spiro atoms. The summed E-state index contributed by atoms with van der Waals surface area (Å²) in [7, 11) is -3.52. The van der Waals surface area contributed by atoms with Crippen molar-refractivity contribution < 1.29 is 17.7 Å². The fourth-order valence-electron chi connectivity index (χ4n) is 3.08. The summed E-state index contributed by atoms with van der Waals surface area (Å²) in [6, 6.07) is 8.90. The van der Waals surface area contributed by atoms with Gasteiger partial charge in [0, 0.05) is 24.2 Å². The second kappa shape index (κ2) is 7.00. The van der Waals surface area contributed by atoms with E-state index in [9.17, 15) is 8.42 Å². The van der Waals surface area contributed by atoms with Crippen LogP contribution >= 0.6 is 0 Å². The first-order chi connectivity index (χ1) is 12.6. The molecule has 1 aromatic carbocycles. The lowest BCUT2D eigenvalue weighted by atomic mass is 10.1. The third kappa shape index (κ3) is 3.54. The fourth-order valence-corrected chi connectivity index (χ4v) is 4.62. The molecule has 1 saturated heterocycles. The number of rotatable bonds is 5. The lowest BCUT2D eigenvalue weighted by Gasteiger charge is -2.31. The number of hydrogen-bond donors (Lipinski definition) is 0. The summed E-state index contributed by atoms with van der Waals surface area (Å²) in [4.78, 5) is 7.88. The Bertz CT molecular complexity index is 990. The van der Waals surface area contributed by atoms with Gasteiger partial charge < -0.3 is 9.26 Å². The standard InChI is InChI=1S/C17H18N4O4S/c22-26(23,11-15-14-5-1-2-6-16(14)25-20-15)21-9-3-4-13(10-21)24-17-7-8-18-12-19-17/h1-2,5-8,12-13H,3-4,9-11H2. The average molecular weight is 374 g/mol. The van der Waals surface area contributed by atoms with Gasteiger partial charge in [-0.25, -0.2) is 18.4 Å².